The molecule has 18 heavy (non-hydrogen) atoms. The predicted molar refractivity (Wildman–Crippen MR) is 77.9 cm³/mol. The molecular weight excluding hydrogens is 266 g/mol. The number of nitrogens with two attached hydrogens (primary N) is 1. The van der Waals surface area contributed by atoms with Gasteiger partial charge in [0.15, 0.2) is 0 Å². The molecule has 1 atom stereocenters. The van der Waals surface area contributed by atoms with Crippen LogP contribution in [0.25, 0.3) is 0 Å². The predicted octanol–water partition coefficient (Wildman–Crippen LogP) is 3.37. The summed E-state index contributed by atoms with van der Waals surface area (Å²) in [4.78, 5) is 0. The molecule has 0 aliphatic rings. The van der Waals surface area contributed by atoms with Gasteiger partial charge < -0.3 is 5.73 Å². The van der Waals surface area contributed by atoms with Crippen LogP contribution in [0.4, 0.5) is 5.69 Å². The fourth-order valence-corrected chi connectivity index (χ4v) is 3.14. The SMILES string of the molecule is Nc1cc(Cl)ccc1CS(=O)Cc1ccccc1. The first kappa shape index (κ1) is 13.1. The van der Waals surface area contributed by atoms with Crippen molar-refractivity contribution in [1.82, 2.24) is 0 Å². The van der Waals surface area contributed by atoms with E-state index in [1.54, 1.807) is 12.1 Å². The Balaban J connectivity index is 2.03. The van der Waals surface area contributed by atoms with Gasteiger partial charge in [0.05, 0.1) is 5.75 Å². The first-order valence-electron chi connectivity index (χ1n) is 5.58. The molecule has 0 amide bonds. The van der Waals surface area contributed by atoms with Gasteiger partial charge in [-0.2, -0.15) is 0 Å². The molecule has 1 unspecified atom stereocenters. The number of hydrogen-bond acceptors (Lipinski definition) is 2. The van der Waals surface area contributed by atoms with Crippen molar-refractivity contribution in [2.45, 2.75) is 11.5 Å². The molecule has 0 aliphatic carbocycles. The number of nitrogen functional groups attached to an aromatic ring is 1. The molecule has 2 N–H and O–H groups in total. The van der Waals surface area contributed by atoms with Gasteiger partial charge in [0.25, 0.3) is 0 Å². The normalized spacial score (nSPS) is 12.3. The Morgan fingerprint density at radius 2 is 1.78 bits per heavy atom. The van der Waals surface area contributed by atoms with Gasteiger partial charge >= 0.3 is 0 Å². The number of rotatable bonds is 4. The van der Waals surface area contributed by atoms with Gasteiger partial charge in [-0.15, -0.1) is 0 Å². The zero-order chi connectivity index (χ0) is 13.0. The van der Waals surface area contributed by atoms with Crippen LogP contribution in [0.3, 0.4) is 0 Å². The minimum Gasteiger partial charge on any atom is -0.398 e. The zero-order valence-electron chi connectivity index (χ0n) is 9.80. The molecule has 94 valence electrons. The van der Waals surface area contributed by atoms with Gasteiger partial charge in [-0.05, 0) is 23.3 Å². The van der Waals surface area contributed by atoms with Crippen LogP contribution in [0.2, 0.25) is 5.02 Å². The summed E-state index contributed by atoms with van der Waals surface area (Å²) in [5.74, 6) is 1.00. The van der Waals surface area contributed by atoms with Crippen LogP contribution >= 0.6 is 11.6 Å². The number of anilines is 1. The highest BCUT2D eigenvalue weighted by molar-refractivity contribution is 7.83. The maximum Gasteiger partial charge on any atom is 0.0509 e. The lowest BCUT2D eigenvalue weighted by Gasteiger charge is -2.06. The van der Waals surface area contributed by atoms with E-state index >= 15 is 0 Å². The van der Waals surface area contributed by atoms with Crippen LogP contribution in [0, 0.1) is 0 Å². The van der Waals surface area contributed by atoms with Crippen molar-refractivity contribution in [1.29, 1.82) is 0 Å². The van der Waals surface area contributed by atoms with Gasteiger partial charge in [-0.1, -0.05) is 48.0 Å². The standard InChI is InChI=1S/C14H14ClNOS/c15-13-7-6-12(14(16)8-13)10-18(17)9-11-4-2-1-3-5-11/h1-8H,9-10,16H2. The van der Waals surface area contributed by atoms with Crippen LogP contribution < -0.4 is 5.73 Å². The second-order valence-corrected chi connectivity index (χ2v) is 5.95. The van der Waals surface area contributed by atoms with E-state index in [0.717, 1.165) is 11.1 Å². The second kappa shape index (κ2) is 6.03. The topological polar surface area (TPSA) is 43.1 Å². The Kier molecular flexibility index (Phi) is 4.39. The monoisotopic (exact) mass is 279 g/mol. The summed E-state index contributed by atoms with van der Waals surface area (Å²) in [5, 5.41) is 0.602. The van der Waals surface area contributed by atoms with Crippen molar-refractivity contribution in [3.8, 4) is 0 Å². The summed E-state index contributed by atoms with van der Waals surface area (Å²) in [6, 6.07) is 15.1. The quantitative estimate of drug-likeness (QED) is 0.872. The maximum atomic E-state index is 12.0. The number of benzene rings is 2. The molecule has 0 saturated heterocycles. The molecule has 0 bridgehead atoms. The van der Waals surface area contributed by atoms with Crippen LogP contribution in [-0.4, -0.2) is 4.21 Å². The minimum absolute atomic E-state index is 0.456. The Bertz CT molecular complexity index is 557. The smallest absolute Gasteiger partial charge is 0.0509 e. The Labute approximate surface area is 114 Å². The van der Waals surface area contributed by atoms with Crippen molar-refractivity contribution in [3.63, 3.8) is 0 Å². The summed E-state index contributed by atoms with van der Waals surface area (Å²) in [5.41, 5.74) is 8.40. The van der Waals surface area contributed by atoms with Gasteiger partial charge in [-0.25, -0.2) is 0 Å². The van der Waals surface area contributed by atoms with E-state index in [2.05, 4.69) is 0 Å². The highest BCUT2D eigenvalue weighted by Crippen LogP contribution is 2.20. The summed E-state index contributed by atoms with van der Waals surface area (Å²) >= 11 is 5.83. The van der Waals surface area contributed by atoms with E-state index in [1.165, 1.54) is 0 Å². The van der Waals surface area contributed by atoms with Crippen LogP contribution in [0.1, 0.15) is 11.1 Å². The first-order valence-corrected chi connectivity index (χ1v) is 7.44. The molecule has 0 spiro atoms. The third kappa shape index (κ3) is 3.59. The molecule has 0 heterocycles. The first-order chi connectivity index (χ1) is 8.65. The van der Waals surface area contributed by atoms with E-state index in [9.17, 15) is 4.21 Å². The molecule has 2 aromatic rings. The molecule has 2 nitrogen and oxygen atoms in total. The Morgan fingerprint density at radius 3 is 2.44 bits per heavy atom. The average molecular weight is 280 g/mol. The van der Waals surface area contributed by atoms with E-state index < -0.39 is 10.8 Å². The second-order valence-electron chi connectivity index (χ2n) is 4.06. The van der Waals surface area contributed by atoms with Crippen LogP contribution in [0.15, 0.2) is 48.5 Å². The molecule has 0 saturated carbocycles. The fourth-order valence-electron chi connectivity index (χ4n) is 1.68. The van der Waals surface area contributed by atoms with Crippen LogP contribution in [0.5, 0.6) is 0 Å². The van der Waals surface area contributed by atoms with Gasteiger partial charge in [0, 0.05) is 27.3 Å². The molecular formula is C14H14ClNOS. The molecule has 0 aromatic heterocycles. The largest absolute Gasteiger partial charge is 0.398 e. The Hall–Kier alpha value is -1.32. The number of hydrogen-bond donors (Lipinski definition) is 1. The third-order valence-corrected chi connectivity index (χ3v) is 4.12. The van der Waals surface area contributed by atoms with Crippen molar-refractivity contribution in [2.75, 3.05) is 5.73 Å². The van der Waals surface area contributed by atoms with Crippen molar-refractivity contribution in [3.05, 3.63) is 64.7 Å². The molecule has 2 rings (SSSR count). The molecule has 4 heteroatoms. The summed E-state index contributed by atoms with van der Waals surface area (Å²) in [7, 11) is -0.962. The van der Waals surface area contributed by atoms with Gasteiger partial charge in [0.1, 0.15) is 0 Å². The fraction of sp³-hybridized carbons (Fsp3) is 0.143. The van der Waals surface area contributed by atoms with Crippen molar-refractivity contribution in [2.24, 2.45) is 0 Å². The lowest BCUT2D eigenvalue weighted by atomic mass is 10.2. The average Bonchev–Trinajstić information content (AvgIpc) is 2.34. The van der Waals surface area contributed by atoms with E-state index in [1.807, 2.05) is 36.4 Å². The minimum atomic E-state index is -0.962. The maximum absolute atomic E-state index is 12.0. The lowest BCUT2D eigenvalue weighted by Crippen LogP contribution is -2.02. The molecule has 0 fully saturated rings. The summed E-state index contributed by atoms with van der Waals surface area (Å²) in [6.07, 6.45) is 0. The van der Waals surface area contributed by atoms with E-state index in [4.69, 9.17) is 17.3 Å². The zero-order valence-corrected chi connectivity index (χ0v) is 11.4. The van der Waals surface area contributed by atoms with Crippen molar-refractivity contribution < 1.29 is 4.21 Å². The highest BCUT2D eigenvalue weighted by Gasteiger charge is 2.06. The molecule has 0 radical (unpaired) electrons. The van der Waals surface area contributed by atoms with Crippen LogP contribution in [-0.2, 0) is 22.3 Å². The summed E-state index contributed by atoms with van der Waals surface area (Å²) in [6.45, 7) is 0. The van der Waals surface area contributed by atoms with E-state index in [0.29, 0.717) is 22.2 Å². The molecule has 0 aliphatic heterocycles. The van der Waals surface area contributed by atoms with Crippen molar-refractivity contribution >= 4 is 28.1 Å². The Morgan fingerprint density at radius 1 is 1.06 bits per heavy atom. The highest BCUT2D eigenvalue weighted by atomic mass is 35.5. The lowest BCUT2D eigenvalue weighted by molar-refractivity contribution is 0.682. The third-order valence-electron chi connectivity index (χ3n) is 2.59. The van der Waals surface area contributed by atoms with Gasteiger partial charge in [0.2, 0.25) is 0 Å². The van der Waals surface area contributed by atoms with E-state index in [-0.39, 0.29) is 0 Å². The molecule has 2 aromatic carbocycles. The van der Waals surface area contributed by atoms with Gasteiger partial charge in [-0.3, -0.25) is 4.21 Å². The number of halogens is 1. The summed E-state index contributed by atoms with van der Waals surface area (Å²) < 4.78 is 12.0.